The van der Waals surface area contributed by atoms with Gasteiger partial charge in [-0.25, -0.2) is 0 Å². The summed E-state index contributed by atoms with van der Waals surface area (Å²) in [6, 6.07) is 0. The van der Waals surface area contributed by atoms with Crippen LogP contribution in [0.25, 0.3) is 0 Å². The van der Waals surface area contributed by atoms with Gasteiger partial charge in [-0.3, -0.25) is 0 Å². The first-order valence-corrected chi connectivity index (χ1v) is 4.91. The maximum atomic E-state index is 8.07. The first kappa shape index (κ1) is 23.6. The fourth-order valence-corrected chi connectivity index (χ4v) is 0.498. The fourth-order valence-electron chi connectivity index (χ4n) is 0.498. The Morgan fingerprint density at radius 2 is 1.50 bits per heavy atom. The molecule has 0 aliphatic rings. The highest BCUT2D eigenvalue weighted by Gasteiger charge is 1.88. The van der Waals surface area contributed by atoms with E-state index < -0.39 is 0 Å². The highest BCUT2D eigenvalue weighted by molar-refractivity contribution is 4.41. The van der Waals surface area contributed by atoms with E-state index in [0.717, 1.165) is 5.92 Å². The standard InChI is InChI=1S/C6H14.C4H10O2.2CH4/c1-4-6(3)5-2;1-2-6-4-3-5;;/h6H,4-5H2,1-3H3;5H,2-4H2,1H3;2*1H4. The Hall–Kier alpha value is -0.0800. The minimum absolute atomic E-state index is 0. The van der Waals surface area contributed by atoms with Crippen molar-refractivity contribution in [2.45, 2.75) is 55.4 Å². The van der Waals surface area contributed by atoms with Crippen molar-refractivity contribution in [2.24, 2.45) is 5.92 Å². The molecule has 14 heavy (non-hydrogen) atoms. The highest BCUT2D eigenvalue weighted by Crippen LogP contribution is 2.02. The second kappa shape index (κ2) is 23.1. The Morgan fingerprint density at radius 3 is 1.57 bits per heavy atom. The average molecular weight is 208 g/mol. The van der Waals surface area contributed by atoms with Crippen LogP contribution in [0.1, 0.15) is 55.4 Å². The SMILES string of the molecule is C.C.CCC(C)CC.CCOCCO. The van der Waals surface area contributed by atoms with Gasteiger partial charge in [-0.2, -0.15) is 0 Å². The third-order valence-electron chi connectivity index (χ3n) is 1.83. The van der Waals surface area contributed by atoms with Gasteiger partial charge < -0.3 is 9.84 Å². The van der Waals surface area contributed by atoms with E-state index >= 15 is 0 Å². The van der Waals surface area contributed by atoms with Gasteiger partial charge in [-0.15, -0.1) is 0 Å². The minimum Gasteiger partial charge on any atom is -0.394 e. The van der Waals surface area contributed by atoms with Crippen molar-refractivity contribution in [3.8, 4) is 0 Å². The number of aliphatic hydroxyl groups is 1. The van der Waals surface area contributed by atoms with Crippen molar-refractivity contribution in [3.05, 3.63) is 0 Å². The molecule has 0 atom stereocenters. The van der Waals surface area contributed by atoms with Crippen LogP contribution in [0.4, 0.5) is 0 Å². The quantitative estimate of drug-likeness (QED) is 0.698. The third kappa shape index (κ3) is 29.7. The van der Waals surface area contributed by atoms with E-state index in [1.54, 1.807) is 0 Å². The van der Waals surface area contributed by atoms with Crippen molar-refractivity contribution < 1.29 is 9.84 Å². The molecule has 0 aliphatic heterocycles. The molecule has 92 valence electrons. The molecule has 0 aromatic carbocycles. The van der Waals surface area contributed by atoms with Crippen molar-refractivity contribution in [1.29, 1.82) is 0 Å². The second-order valence-corrected chi connectivity index (χ2v) is 2.84. The van der Waals surface area contributed by atoms with Crippen LogP contribution in [0.2, 0.25) is 0 Å². The molecule has 0 radical (unpaired) electrons. The summed E-state index contributed by atoms with van der Waals surface area (Å²) in [5.74, 6) is 0.935. The molecule has 0 fully saturated rings. The molecule has 0 amide bonds. The Morgan fingerprint density at radius 1 is 1.07 bits per heavy atom. The van der Waals surface area contributed by atoms with Gasteiger partial charge in [0.25, 0.3) is 0 Å². The molecular formula is C12H32O2. The van der Waals surface area contributed by atoms with Gasteiger partial charge in [0.05, 0.1) is 13.2 Å². The summed E-state index contributed by atoms with van der Waals surface area (Å²) in [4.78, 5) is 0. The van der Waals surface area contributed by atoms with Crippen molar-refractivity contribution in [3.63, 3.8) is 0 Å². The molecular weight excluding hydrogens is 176 g/mol. The zero-order chi connectivity index (χ0) is 9.82. The molecule has 0 bridgehead atoms. The molecule has 1 N–H and O–H groups in total. The maximum absolute atomic E-state index is 8.07. The lowest BCUT2D eigenvalue weighted by molar-refractivity contribution is 0.102. The molecule has 0 aliphatic carbocycles. The predicted molar refractivity (Wildman–Crippen MR) is 66.8 cm³/mol. The van der Waals surface area contributed by atoms with E-state index in [2.05, 4.69) is 20.8 Å². The number of aliphatic hydroxyl groups excluding tert-OH is 1. The molecule has 2 heteroatoms. The summed E-state index contributed by atoms with van der Waals surface area (Å²) < 4.78 is 4.73. The van der Waals surface area contributed by atoms with Gasteiger partial charge in [0.1, 0.15) is 0 Å². The lowest BCUT2D eigenvalue weighted by Gasteiger charge is -1.98. The molecule has 0 heterocycles. The summed E-state index contributed by atoms with van der Waals surface area (Å²) in [7, 11) is 0. The molecule has 0 aromatic rings. The number of hydrogen-bond acceptors (Lipinski definition) is 2. The van der Waals surface area contributed by atoms with Crippen molar-refractivity contribution in [2.75, 3.05) is 19.8 Å². The van der Waals surface area contributed by atoms with Gasteiger partial charge >= 0.3 is 0 Å². The lowest BCUT2D eigenvalue weighted by atomic mass is 10.1. The molecule has 0 aromatic heterocycles. The molecule has 0 spiro atoms. The van der Waals surface area contributed by atoms with E-state index in [1.165, 1.54) is 12.8 Å². The summed E-state index contributed by atoms with van der Waals surface area (Å²) in [5.41, 5.74) is 0. The van der Waals surface area contributed by atoms with Crippen molar-refractivity contribution in [1.82, 2.24) is 0 Å². The lowest BCUT2D eigenvalue weighted by Crippen LogP contribution is -1.96. The molecule has 0 saturated carbocycles. The summed E-state index contributed by atoms with van der Waals surface area (Å²) in [6.45, 7) is 9.93. The largest absolute Gasteiger partial charge is 0.394 e. The van der Waals surface area contributed by atoms with Crippen LogP contribution < -0.4 is 0 Å². The summed E-state index contributed by atoms with van der Waals surface area (Å²) >= 11 is 0. The fraction of sp³-hybridized carbons (Fsp3) is 1.00. The van der Waals surface area contributed by atoms with Crippen LogP contribution in [0.15, 0.2) is 0 Å². The monoisotopic (exact) mass is 208 g/mol. The number of hydrogen-bond donors (Lipinski definition) is 1. The van der Waals surface area contributed by atoms with Gasteiger partial charge in [-0.1, -0.05) is 48.5 Å². The van der Waals surface area contributed by atoms with Crippen LogP contribution in [-0.4, -0.2) is 24.9 Å². The van der Waals surface area contributed by atoms with Gasteiger partial charge in [0.15, 0.2) is 0 Å². The van der Waals surface area contributed by atoms with Gasteiger partial charge in [-0.05, 0) is 12.8 Å². The Labute approximate surface area is 91.7 Å². The summed E-state index contributed by atoms with van der Waals surface area (Å²) in [6.07, 6.45) is 2.66. The summed E-state index contributed by atoms with van der Waals surface area (Å²) in [5, 5.41) is 8.07. The third-order valence-corrected chi connectivity index (χ3v) is 1.83. The van der Waals surface area contributed by atoms with Crippen molar-refractivity contribution >= 4 is 0 Å². The molecule has 0 unspecified atom stereocenters. The van der Waals surface area contributed by atoms with Gasteiger partial charge in [0.2, 0.25) is 0 Å². The molecule has 0 rings (SSSR count). The van der Waals surface area contributed by atoms with E-state index in [9.17, 15) is 0 Å². The topological polar surface area (TPSA) is 29.5 Å². The zero-order valence-corrected chi connectivity index (χ0v) is 8.97. The van der Waals surface area contributed by atoms with Crippen LogP contribution in [0.3, 0.4) is 0 Å². The Kier molecular flexibility index (Phi) is 38.9. The molecule has 0 saturated heterocycles. The minimum atomic E-state index is 0. The van der Waals surface area contributed by atoms with E-state index in [4.69, 9.17) is 9.84 Å². The van der Waals surface area contributed by atoms with Crippen LogP contribution >= 0.6 is 0 Å². The Balaban J connectivity index is -0.0000000625. The highest BCUT2D eigenvalue weighted by atomic mass is 16.5. The van der Waals surface area contributed by atoms with Crippen LogP contribution in [0, 0.1) is 5.92 Å². The number of rotatable bonds is 5. The average Bonchev–Trinajstić information content (AvgIpc) is 2.14. The van der Waals surface area contributed by atoms with E-state index in [0.29, 0.717) is 13.2 Å². The molecule has 2 nitrogen and oxygen atoms in total. The predicted octanol–water partition coefficient (Wildman–Crippen LogP) is 3.73. The van der Waals surface area contributed by atoms with Crippen LogP contribution in [-0.2, 0) is 4.74 Å². The Bertz CT molecular complexity index is 57.3. The van der Waals surface area contributed by atoms with Crippen LogP contribution in [0.5, 0.6) is 0 Å². The second-order valence-electron chi connectivity index (χ2n) is 2.84. The number of ether oxygens (including phenoxy) is 1. The first-order chi connectivity index (χ1) is 5.72. The first-order valence-electron chi connectivity index (χ1n) is 4.91. The van der Waals surface area contributed by atoms with E-state index in [1.807, 2.05) is 6.92 Å². The van der Waals surface area contributed by atoms with Gasteiger partial charge in [0, 0.05) is 6.61 Å². The smallest absolute Gasteiger partial charge is 0.0697 e. The van der Waals surface area contributed by atoms with E-state index in [-0.39, 0.29) is 21.5 Å². The normalized spacial score (nSPS) is 8.14. The zero-order valence-electron chi connectivity index (χ0n) is 8.97. The maximum Gasteiger partial charge on any atom is 0.0697 e.